The van der Waals surface area contributed by atoms with E-state index < -0.39 is 0 Å². The van der Waals surface area contributed by atoms with Crippen molar-refractivity contribution in [1.82, 2.24) is 5.32 Å². The third-order valence-corrected chi connectivity index (χ3v) is 2.44. The van der Waals surface area contributed by atoms with Gasteiger partial charge in [-0.15, -0.1) is 0 Å². The van der Waals surface area contributed by atoms with E-state index in [0.717, 1.165) is 16.8 Å². The first-order valence-corrected chi connectivity index (χ1v) is 5.99. The molecule has 0 bridgehead atoms. The monoisotopic (exact) mass is 250 g/mol. The summed E-state index contributed by atoms with van der Waals surface area (Å²) in [4.78, 5) is 11.6. The second-order valence-electron chi connectivity index (χ2n) is 5.56. The highest BCUT2D eigenvalue weighted by Crippen LogP contribution is 2.24. The topological polar surface area (TPSA) is 64.3 Å². The number of ether oxygens (including phenoxy) is 1. The molecule has 4 nitrogen and oxygen atoms in total. The lowest BCUT2D eigenvalue weighted by atomic mass is 10.1. The van der Waals surface area contributed by atoms with Crippen LogP contribution in [-0.2, 0) is 4.79 Å². The molecular formula is C14H22N2O2. The molecule has 0 spiro atoms. The van der Waals surface area contributed by atoms with E-state index in [2.05, 4.69) is 5.32 Å². The highest BCUT2D eigenvalue weighted by Gasteiger charge is 2.14. The molecule has 1 aromatic rings. The minimum Gasteiger partial charge on any atom is -0.483 e. The molecule has 0 saturated carbocycles. The fraction of sp³-hybridized carbons (Fsp3) is 0.500. The molecule has 1 amide bonds. The fourth-order valence-corrected chi connectivity index (χ4v) is 1.57. The van der Waals surface area contributed by atoms with Gasteiger partial charge in [0.2, 0.25) is 0 Å². The number of amides is 1. The van der Waals surface area contributed by atoms with Gasteiger partial charge in [-0.25, -0.2) is 0 Å². The molecule has 0 aliphatic rings. The maximum Gasteiger partial charge on any atom is 0.258 e. The Bertz CT molecular complexity index is 448. The van der Waals surface area contributed by atoms with E-state index in [1.165, 1.54) is 0 Å². The Kier molecular flexibility index (Phi) is 4.22. The number of hydrogen-bond acceptors (Lipinski definition) is 3. The molecule has 0 atom stereocenters. The molecule has 100 valence electrons. The summed E-state index contributed by atoms with van der Waals surface area (Å²) in [7, 11) is 0. The number of hydrogen-bond donors (Lipinski definition) is 2. The smallest absolute Gasteiger partial charge is 0.258 e. The average Bonchev–Trinajstić information content (AvgIpc) is 2.19. The number of rotatable bonds is 3. The van der Waals surface area contributed by atoms with Crippen molar-refractivity contribution in [3.63, 3.8) is 0 Å². The Hall–Kier alpha value is -1.71. The molecule has 1 rings (SSSR count). The molecule has 4 heteroatoms. The van der Waals surface area contributed by atoms with Crippen molar-refractivity contribution in [2.75, 3.05) is 12.3 Å². The maximum atomic E-state index is 11.6. The Morgan fingerprint density at radius 3 is 2.44 bits per heavy atom. The second-order valence-corrected chi connectivity index (χ2v) is 5.56. The molecule has 0 radical (unpaired) electrons. The largest absolute Gasteiger partial charge is 0.483 e. The molecule has 1 aromatic carbocycles. The summed E-state index contributed by atoms with van der Waals surface area (Å²) in [5.41, 5.74) is 8.17. The lowest BCUT2D eigenvalue weighted by Gasteiger charge is -2.20. The summed E-state index contributed by atoms with van der Waals surface area (Å²) in [6.45, 7) is 9.64. The molecule has 0 unspecified atom stereocenters. The van der Waals surface area contributed by atoms with E-state index in [-0.39, 0.29) is 18.1 Å². The van der Waals surface area contributed by atoms with E-state index >= 15 is 0 Å². The van der Waals surface area contributed by atoms with Gasteiger partial charge in [-0.2, -0.15) is 0 Å². The standard InChI is InChI=1S/C14H22N2O2/c1-9-7-12(10(2)6-11(9)15)18-8-13(17)16-14(3,4)5/h6-7H,8,15H2,1-5H3,(H,16,17). The van der Waals surface area contributed by atoms with Gasteiger partial charge in [0.05, 0.1) is 0 Å². The van der Waals surface area contributed by atoms with Crippen molar-refractivity contribution in [2.45, 2.75) is 40.2 Å². The number of nitrogens with two attached hydrogens (primary N) is 1. The first-order valence-electron chi connectivity index (χ1n) is 5.99. The van der Waals surface area contributed by atoms with Gasteiger partial charge in [0, 0.05) is 11.2 Å². The number of nitrogens with one attached hydrogen (secondary N) is 1. The first-order chi connectivity index (χ1) is 8.19. The van der Waals surface area contributed by atoms with Gasteiger partial charge < -0.3 is 15.8 Å². The van der Waals surface area contributed by atoms with E-state index in [1.54, 1.807) is 0 Å². The van der Waals surface area contributed by atoms with Crippen molar-refractivity contribution in [3.05, 3.63) is 23.3 Å². The van der Waals surface area contributed by atoms with E-state index in [1.807, 2.05) is 46.8 Å². The molecule has 18 heavy (non-hydrogen) atoms. The minimum absolute atomic E-state index is 0.0153. The Morgan fingerprint density at radius 1 is 1.28 bits per heavy atom. The number of carbonyl (C=O) groups is 1. The molecule has 0 aromatic heterocycles. The number of nitrogen functional groups attached to an aromatic ring is 1. The van der Waals surface area contributed by atoms with Crippen LogP contribution in [0.4, 0.5) is 5.69 Å². The quantitative estimate of drug-likeness (QED) is 0.808. The number of benzene rings is 1. The predicted molar refractivity (Wildman–Crippen MR) is 73.7 cm³/mol. The van der Waals surface area contributed by atoms with Gasteiger partial charge in [-0.05, 0) is 57.9 Å². The summed E-state index contributed by atoms with van der Waals surface area (Å²) in [6.07, 6.45) is 0. The van der Waals surface area contributed by atoms with Crippen LogP contribution in [0, 0.1) is 13.8 Å². The Labute approximate surface area is 109 Å². The van der Waals surface area contributed by atoms with Crippen LogP contribution in [0.5, 0.6) is 5.75 Å². The lowest BCUT2D eigenvalue weighted by Crippen LogP contribution is -2.43. The van der Waals surface area contributed by atoms with Gasteiger partial charge in [0.15, 0.2) is 6.61 Å². The maximum absolute atomic E-state index is 11.6. The zero-order valence-electron chi connectivity index (χ0n) is 11.8. The van der Waals surface area contributed by atoms with Crippen molar-refractivity contribution in [3.8, 4) is 5.75 Å². The van der Waals surface area contributed by atoms with Crippen LogP contribution in [0.2, 0.25) is 0 Å². The van der Waals surface area contributed by atoms with Crippen molar-refractivity contribution in [2.24, 2.45) is 0 Å². The van der Waals surface area contributed by atoms with Crippen LogP contribution in [0.25, 0.3) is 0 Å². The highest BCUT2D eigenvalue weighted by molar-refractivity contribution is 5.78. The number of aryl methyl sites for hydroxylation is 2. The molecular weight excluding hydrogens is 228 g/mol. The highest BCUT2D eigenvalue weighted by atomic mass is 16.5. The molecule has 0 heterocycles. The van der Waals surface area contributed by atoms with Gasteiger partial charge >= 0.3 is 0 Å². The first kappa shape index (κ1) is 14.4. The Balaban J connectivity index is 2.64. The van der Waals surface area contributed by atoms with Gasteiger partial charge in [-0.3, -0.25) is 4.79 Å². The zero-order valence-corrected chi connectivity index (χ0v) is 11.8. The predicted octanol–water partition coefficient (Wildman–Crippen LogP) is 2.18. The van der Waals surface area contributed by atoms with E-state index in [9.17, 15) is 4.79 Å². The van der Waals surface area contributed by atoms with Crippen molar-refractivity contribution in [1.29, 1.82) is 0 Å². The summed E-state index contributed by atoms with van der Waals surface area (Å²) in [5, 5.41) is 2.85. The molecule has 0 aliphatic carbocycles. The second kappa shape index (κ2) is 5.29. The summed E-state index contributed by atoms with van der Waals surface area (Å²) >= 11 is 0. The van der Waals surface area contributed by atoms with Crippen LogP contribution >= 0.6 is 0 Å². The third-order valence-electron chi connectivity index (χ3n) is 2.44. The number of carbonyl (C=O) groups excluding carboxylic acids is 1. The van der Waals surface area contributed by atoms with Crippen LogP contribution < -0.4 is 15.8 Å². The van der Waals surface area contributed by atoms with E-state index in [4.69, 9.17) is 10.5 Å². The molecule has 0 aliphatic heterocycles. The van der Waals surface area contributed by atoms with Crippen LogP contribution in [0.15, 0.2) is 12.1 Å². The Morgan fingerprint density at radius 2 is 1.89 bits per heavy atom. The fourth-order valence-electron chi connectivity index (χ4n) is 1.57. The van der Waals surface area contributed by atoms with Crippen LogP contribution in [-0.4, -0.2) is 18.1 Å². The lowest BCUT2D eigenvalue weighted by molar-refractivity contribution is -0.124. The van der Waals surface area contributed by atoms with Gasteiger partial charge in [0.1, 0.15) is 5.75 Å². The normalized spacial score (nSPS) is 11.2. The molecule has 3 N–H and O–H groups in total. The van der Waals surface area contributed by atoms with Crippen molar-refractivity contribution < 1.29 is 9.53 Å². The zero-order chi connectivity index (χ0) is 13.9. The van der Waals surface area contributed by atoms with Crippen molar-refractivity contribution >= 4 is 11.6 Å². The minimum atomic E-state index is -0.244. The van der Waals surface area contributed by atoms with Crippen LogP contribution in [0.1, 0.15) is 31.9 Å². The number of anilines is 1. The van der Waals surface area contributed by atoms with E-state index in [0.29, 0.717) is 5.75 Å². The SMILES string of the molecule is Cc1cc(OCC(=O)NC(C)(C)C)c(C)cc1N. The summed E-state index contributed by atoms with van der Waals surface area (Å²) in [5.74, 6) is 0.571. The van der Waals surface area contributed by atoms with Crippen LogP contribution in [0.3, 0.4) is 0 Å². The van der Waals surface area contributed by atoms with Gasteiger partial charge in [0.25, 0.3) is 5.91 Å². The molecule has 0 fully saturated rings. The average molecular weight is 250 g/mol. The summed E-state index contributed by atoms with van der Waals surface area (Å²) in [6, 6.07) is 3.71. The third kappa shape index (κ3) is 4.28. The summed E-state index contributed by atoms with van der Waals surface area (Å²) < 4.78 is 5.51. The van der Waals surface area contributed by atoms with Gasteiger partial charge in [-0.1, -0.05) is 0 Å². The molecule has 0 saturated heterocycles.